The fourth-order valence-electron chi connectivity index (χ4n) is 3.40. The number of piperidine rings is 1. The van der Waals surface area contributed by atoms with Gasteiger partial charge in [0.2, 0.25) is 5.91 Å². The van der Waals surface area contributed by atoms with Crippen LogP contribution >= 0.6 is 0 Å². The average molecular weight is 317 g/mol. The molecule has 1 aromatic carbocycles. The van der Waals surface area contributed by atoms with Crippen molar-refractivity contribution in [2.24, 2.45) is 5.92 Å². The summed E-state index contributed by atoms with van der Waals surface area (Å²) in [5.74, 6) is -1.02. The van der Waals surface area contributed by atoms with E-state index in [1.165, 1.54) is 5.56 Å². The number of likely N-dealkylation sites (tertiary alicyclic amines) is 1. The number of aliphatic carboxylic acids is 1. The van der Waals surface area contributed by atoms with Crippen LogP contribution in [-0.2, 0) is 16.0 Å². The summed E-state index contributed by atoms with van der Waals surface area (Å²) in [5.41, 5.74) is 2.45. The smallest absolute Gasteiger partial charge is 0.308 e. The van der Waals surface area contributed by atoms with Crippen LogP contribution in [0, 0.1) is 5.92 Å². The van der Waals surface area contributed by atoms with Gasteiger partial charge in [-0.2, -0.15) is 0 Å². The largest absolute Gasteiger partial charge is 0.481 e. The number of carbonyl (C=O) groups is 2. The molecule has 0 bridgehead atoms. The summed E-state index contributed by atoms with van der Waals surface area (Å²) >= 11 is 0. The van der Waals surface area contributed by atoms with Crippen molar-refractivity contribution in [2.45, 2.75) is 58.4 Å². The topological polar surface area (TPSA) is 57.6 Å². The van der Waals surface area contributed by atoms with Gasteiger partial charge in [-0.25, -0.2) is 0 Å². The monoisotopic (exact) mass is 317 g/mol. The Labute approximate surface area is 138 Å². The number of carboxylic acids is 1. The summed E-state index contributed by atoms with van der Waals surface area (Å²) < 4.78 is 0. The molecule has 1 fully saturated rings. The van der Waals surface area contributed by atoms with E-state index in [9.17, 15) is 14.7 Å². The highest BCUT2D eigenvalue weighted by atomic mass is 16.4. The number of rotatable bonds is 5. The van der Waals surface area contributed by atoms with Crippen LogP contribution < -0.4 is 0 Å². The fraction of sp³-hybridized carbons (Fsp3) is 0.579. The molecule has 0 aliphatic carbocycles. The number of carbonyl (C=O) groups excluding carboxylic acids is 1. The number of amides is 1. The molecule has 23 heavy (non-hydrogen) atoms. The predicted molar refractivity (Wildman–Crippen MR) is 90.4 cm³/mol. The average Bonchev–Trinajstić information content (AvgIpc) is 2.54. The molecule has 1 N–H and O–H groups in total. The van der Waals surface area contributed by atoms with E-state index in [1.807, 2.05) is 6.92 Å². The van der Waals surface area contributed by atoms with Crippen molar-refractivity contribution in [3.63, 3.8) is 0 Å². The lowest BCUT2D eigenvalue weighted by Crippen LogP contribution is -2.49. The zero-order valence-corrected chi connectivity index (χ0v) is 14.3. The molecule has 4 heteroatoms. The van der Waals surface area contributed by atoms with Crippen LogP contribution in [0.25, 0.3) is 0 Å². The number of benzene rings is 1. The lowest BCUT2D eigenvalue weighted by Gasteiger charge is -2.38. The van der Waals surface area contributed by atoms with Crippen LogP contribution in [-0.4, -0.2) is 34.5 Å². The van der Waals surface area contributed by atoms with Gasteiger partial charge in [0.05, 0.1) is 5.92 Å². The first-order valence-corrected chi connectivity index (χ1v) is 8.55. The maximum absolute atomic E-state index is 12.6. The summed E-state index contributed by atoms with van der Waals surface area (Å²) in [6, 6.07) is 8.19. The first-order valence-electron chi connectivity index (χ1n) is 8.55. The van der Waals surface area contributed by atoms with Gasteiger partial charge < -0.3 is 10.0 Å². The van der Waals surface area contributed by atoms with E-state index in [1.54, 1.807) is 4.90 Å². The molecule has 4 nitrogen and oxygen atoms in total. The Bertz CT molecular complexity index is 552. The molecule has 1 aliphatic heterocycles. The van der Waals surface area contributed by atoms with Crippen LogP contribution in [0.3, 0.4) is 0 Å². The molecular weight excluding hydrogens is 290 g/mol. The van der Waals surface area contributed by atoms with E-state index in [0.717, 1.165) is 18.4 Å². The van der Waals surface area contributed by atoms with E-state index >= 15 is 0 Å². The van der Waals surface area contributed by atoms with Crippen molar-refractivity contribution in [3.05, 3.63) is 35.4 Å². The second-order valence-electron chi connectivity index (χ2n) is 6.62. The molecule has 1 saturated heterocycles. The van der Waals surface area contributed by atoms with E-state index in [0.29, 0.717) is 19.4 Å². The molecule has 3 atom stereocenters. The number of hydrogen-bond acceptors (Lipinski definition) is 2. The highest BCUT2D eigenvalue weighted by molar-refractivity contribution is 5.79. The Morgan fingerprint density at radius 2 is 1.96 bits per heavy atom. The van der Waals surface area contributed by atoms with Gasteiger partial charge in [0.25, 0.3) is 0 Å². The van der Waals surface area contributed by atoms with Gasteiger partial charge in [0.1, 0.15) is 0 Å². The lowest BCUT2D eigenvalue weighted by molar-refractivity contribution is -0.149. The Morgan fingerprint density at radius 3 is 2.52 bits per heavy atom. The number of carboxylic acid groups (broad SMARTS) is 1. The third-order valence-corrected chi connectivity index (χ3v) is 5.06. The highest BCUT2D eigenvalue weighted by Crippen LogP contribution is 2.27. The number of hydrogen-bond donors (Lipinski definition) is 1. The Balaban J connectivity index is 2.00. The molecule has 1 aromatic rings. The molecule has 1 heterocycles. The summed E-state index contributed by atoms with van der Waals surface area (Å²) in [7, 11) is 0. The molecule has 0 saturated carbocycles. The van der Waals surface area contributed by atoms with E-state index in [4.69, 9.17) is 0 Å². The van der Waals surface area contributed by atoms with Crippen LogP contribution in [0.5, 0.6) is 0 Å². The lowest BCUT2D eigenvalue weighted by atomic mass is 9.89. The van der Waals surface area contributed by atoms with Crippen molar-refractivity contribution in [1.82, 2.24) is 4.90 Å². The van der Waals surface area contributed by atoms with Crippen LogP contribution in [0.4, 0.5) is 0 Å². The fourth-order valence-corrected chi connectivity index (χ4v) is 3.40. The molecule has 1 unspecified atom stereocenters. The van der Waals surface area contributed by atoms with E-state index < -0.39 is 11.9 Å². The van der Waals surface area contributed by atoms with Crippen molar-refractivity contribution in [1.29, 1.82) is 0 Å². The van der Waals surface area contributed by atoms with E-state index in [2.05, 4.69) is 38.1 Å². The van der Waals surface area contributed by atoms with Crippen molar-refractivity contribution in [2.75, 3.05) is 6.54 Å². The standard InChI is InChI=1S/C19H27NO3/c1-4-15-7-9-16(10-8-15)13(2)12-18(21)20-11-5-6-17(14(20)3)19(22)23/h7-10,13-14,17H,4-6,11-12H2,1-3H3,(H,22,23)/t13?,14-,17-/m0/s1. The van der Waals surface area contributed by atoms with Gasteiger partial charge in [0.15, 0.2) is 0 Å². The summed E-state index contributed by atoms with van der Waals surface area (Å²) in [6.45, 7) is 6.71. The minimum atomic E-state index is -0.793. The van der Waals surface area contributed by atoms with E-state index in [-0.39, 0.29) is 17.9 Å². The Kier molecular flexibility index (Phi) is 5.80. The molecule has 1 amide bonds. The predicted octanol–water partition coefficient (Wildman–Crippen LogP) is 3.45. The second kappa shape index (κ2) is 7.62. The maximum Gasteiger partial charge on any atom is 0.308 e. The number of nitrogens with zero attached hydrogens (tertiary/aromatic N) is 1. The SMILES string of the molecule is CCc1ccc(C(C)CC(=O)N2CCC[C@H](C(=O)O)[C@@H]2C)cc1. The normalized spacial score (nSPS) is 22.7. The van der Waals surface area contributed by atoms with Crippen LogP contribution in [0.2, 0.25) is 0 Å². The number of aryl methyl sites for hydroxylation is 1. The zero-order chi connectivity index (χ0) is 17.0. The molecular formula is C19H27NO3. The van der Waals surface area contributed by atoms with Gasteiger partial charge in [-0.15, -0.1) is 0 Å². The van der Waals surface area contributed by atoms with Crippen LogP contribution in [0.1, 0.15) is 57.1 Å². The summed E-state index contributed by atoms with van der Waals surface area (Å²) in [4.78, 5) is 25.7. The molecule has 1 aliphatic rings. The molecule has 0 radical (unpaired) electrons. The van der Waals surface area contributed by atoms with Gasteiger partial charge in [-0.3, -0.25) is 9.59 Å². The first-order chi connectivity index (χ1) is 10.9. The quantitative estimate of drug-likeness (QED) is 0.905. The van der Waals surface area contributed by atoms with Gasteiger partial charge in [-0.05, 0) is 43.2 Å². The Morgan fingerprint density at radius 1 is 1.30 bits per heavy atom. The highest BCUT2D eigenvalue weighted by Gasteiger charge is 2.35. The van der Waals surface area contributed by atoms with Crippen molar-refractivity contribution < 1.29 is 14.7 Å². The molecule has 0 spiro atoms. The van der Waals surface area contributed by atoms with Crippen molar-refractivity contribution in [3.8, 4) is 0 Å². The molecule has 126 valence electrons. The molecule has 0 aromatic heterocycles. The minimum Gasteiger partial charge on any atom is -0.481 e. The summed E-state index contributed by atoms with van der Waals surface area (Å²) in [6.07, 6.45) is 2.87. The summed E-state index contributed by atoms with van der Waals surface area (Å²) in [5, 5.41) is 9.28. The van der Waals surface area contributed by atoms with Gasteiger partial charge in [0, 0.05) is 19.0 Å². The third kappa shape index (κ3) is 4.12. The zero-order valence-electron chi connectivity index (χ0n) is 14.3. The van der Waals surface area contributed by atoms with Gasteiger partial charge in [-0.1, -0.05) is 38.1 Å². The minimum absolute atomic E-state index is 0.0653. The maximum atomic E-state index is 12.6. The van der Waals surface area contributed by atoms with Gasteiger partial charge >= 0.3 is 5.97 Å². The van der Waals surface area contributed by atoms with Crippen LogP contribution in [0.15, 0.2) is 24.3 Å². The third-order valence-electron chi connectivity index (χ3n) is 5.06. The first kappa shape index (κ1) is 17.5. The second-order valence-corrected chi connectivity index (χ2v) is 6.62. The Hall–Kier alpha value is -1.84. The molecule has 2 rings (SSSR count). The van der Waals surface area contributed by atoms with Crippen molar-refractivity contribution >= 4 is 11.9 Å².